The molecule has 0 aromatic heterocycles. The van der Waals surface area contributed by atoms with Crippen LogP contribution in [0.15, 0.2) is 42.5 Å². The molecule has 2 fully saturated rings. The largest absolute Gasteiger partial charge is 0.493 e. The number of ether oxygens (including phenoxy) is 2. The summed E-state index contributed by atoms with van der Waals surface area (Å²) in [6.07, 6.45) is 2.89. The normalized spacial score (nSPS) is 20.4. The number of carbonyl (C=O) groups excluding carboxylic acids is 2. The van der Waals surface area contributed by atoms with Gasteiger partial charge >= 0.3 is 6.03 Å². The molecule has 3 amide bonds. The van der Waals surface area contributed by atoms with E-state index in [1.54, 1.807) is 26.4 Å². The molecule has 0 unspecified atom stereocenters. The number of piperidine rings is 1. The monoisotopic (exact) mass is 469 g/mol. The number of nitrogens with one attached hydrogen (secondary N) is 1. The SMILES string of the molecule is COc1cccc(CCN2CC[C@H]3CN(C(=O)Nc4ccc(F)cc4)CC[C@H]3CC2=O)c1OC. The molecule has 0 aliphatic carbocycles. The maximum Gasteiger partial charge on any atom is 0.321 e. The highest BCUT2D eigenvalue weighted by molar-refractivity contribution is 5.89. The first-order chi connectivity index (χ1) is 16.5. The Balaban J connectivity index is 1.34. The summed E-state index contributed by atoms with van der Waals surface area (Å²) < 4.78 is 24.0. The predicted molar refractivity (Wildman–Crippen MR) is 128 cm³/mol. The average Bonchev–Trinajstić information content (AvgIpc) is 3.01. The Morgan fingerprint density at radius 2 is 1.82 bits per heavy atom. The number of hydrogen-bond donors (Lipinski definition) is 1. The number of urea groups is 1. The highest BCUT2D eigenvalue weighted by atomic mass is 19.1. The van der Waals surface area contributed by atoms with Crippen LogP contribution < -0.4 is 14.8 Å². The number of fused-ring (bicyclic) bond motifs is 1. The van der Waals surface area contributed by atoms with E-state index in [1.807, 2.05) is 28.0 Å². The van der Waals surface area contributed by atoms with Crippen LogP contribution in [-0.2, 0) is 11.2 Å². The number of carbonyl (C=O) groups is 2. The van der Waals surface area contributed by atoms with E-state index in [2.05, 4.69) is 5.32 Å². The Morgan fingerprint density at radius 3 is 2.56 bits per heavy atom. The first-order valence-electron chi connectivity index (χ1n) is 11.8. The van der Waals surface area contributed by atoms with Gasteiger partial charge in [0.15, 0.2) is 11.5 Å². The van der Waals surface area contributed by atoms with Crippen LogP contribution in [0.5, 0.6) is 11.5 Å². The van der Waals surface area contributed by atoms with E-state index in [1.165, 1.54) is 12.1 Å². The molecule has 4 rings (SSSR count). The number of para-hydroxylation sites is 1. The Labute approximate surface area is 199 Å². The number of nitrogens with zero attached hydrogens (tertiary/aromatic N) is 2. The van der Waals surface area contributed by atoms with E-state index < -0.39 is 0 Å². The summed E-state index contributed by atoms with van der Waals surface area (Å²) >= 11 is 0. The Morgan fingerprint density at radius 1 is 1.06 bits per heavy atom. The summed E-state index contributed by atoms with van der Waals surface area (Å²) in [5, 5.41) is 2.85. The Kier molecular flexibility index (Phi) is 7.55. The lowest BCUT2D eigenvalue weighted by Crippen LogP contribution is -2.45. The van der Waals surface area contributed by atoms with Gasteiger partial charge in [-0.15, -0.1) is 0 Å². The van der Waals surface area contributed by atoms with Crippen LogP contribution in [0.3, 0.4) is 0 Å². The molecule has 34 heavy (non-hydrogen) atoms. The van der Waals surface area contributed by atoms with Crippen molar-refractivity contribution in [1.29, 1.82) is 0 Å². The molecular weight excluding hydrogens is 437 g/mol. The number of hydrogen-bond acceptors (Lipinski definition) is 4. The van der Waals surface area contributed by atoms with Crippen molar-refractivity contribution in [3.05, 3.63) is 53.8 Å². The van der Waals surface area contributed by atoms with E-state index >= 15 is 0 Å². The molecular formula is C26H32FN3O4. The summed E-state index contributed by atoms with van der Waals surface area (Å²) in [6.45, 7) is 2.54. The average molecular weight is 470 g/mol. The van der Waals surface area contributed by atoms with E-state index in [4.69, 9.17) is 9.47 Å². The number of methoxy groups -OCH3 is 2. The number of rotatable bonds is 6. The van der Waals surface area contributed by atoms with Crippen LogP contribution >= 0.6 is 0 Å². The predicted octanol–water partition coefficient (Wildman–Crippen LogP) is 4.18. The van der Waals surface area contributed by atoms with E-state index in [9.17, 15) is 14.0 Å². The molecule has 0 radical (unpaired) electrons. The molecule has 0 spiro atoms. The third-order valence-corrected chi connectivity index (χ3v) is 6.97. The fourth-order valence-corrected chi connectivity index (χ4v) is 5.04. The number of likely N-dealkylation sites (tertiary alicyclic amines) is 2. The van der Waals surface area contributed by atoms with Crippen LogP contribution in [0.4, 0.5) is 14.9 Å². The molecule has 2 aliphatic heterocycles. The molecule has 2 aromatic carbocycles. The van der Waals surface area contributed by atoms with Gasteiger partial charge in [0, 0.05) is 38.3 Å². The van der Waals surface area contributed by atoms with Crippen LogP contribution in [0.2, 0.25) is 0 Å². The third kappa shape index (κ3) is 5.43. The number of amides is 3. The van der Waals surface area contributed by atoms with E-state index in [-0.39, 0.29) is 23.7 Å². The van der Waals surface area contributed by atoms with Gasteiger partial charge in [0.2, 0.25) is 5.91 Å². The van der Waals surface area contributed by atoms with Crippen molar-refractivity contribution >= 4 is 17.6 Å². The lowest BCUT2D eigenvalue weighted by Gasteiger charge is -2.37. The van der Waals surface area contributed by atoms with Crippen molar-refractivity contribution in [3.8, 4) is 11.5 Å². The molecule has 2 atom stereocenters. The van der Waals surface area contributed by atoms with Gasteiger partial charge in [-0.25, -0.2) is 9.18 Å². The van der Waals surface area contributed by atoms with Gasteiger partial charge in [-0.2, -0.15) is 0 Å². The van der Waals surface area contributed by atoms with Crippen LogP contribution in [0.1, 0.15) is 24.8 Å². The Hall–Kier alpha value is -3.29. The molecule has 0 saturated carbocycles. The van der Waals surface area contributed by atoms with Crippen molar-refractivity contribution in [2.45, 2.75) is 25.7 Å². The third-order valence-electron chi connectivity index (χ3n) is 6.97. The fraction of sp³-hybridized carbons (Fsp3) is 0.462. The van der Waals surface area contributed by atoms with Crippen molar-refractivity contribution in [3.63, 3.8) is 0 Å². The van der Waals surface area contributed by atoms with Crippen LogP contribution in [0.25, 0.3) is 0 Å². The second kappa shape index (κ2) is 10.8. The number of halogens is 1. The molecule has 2 heterocycles. The molecule has 0 bridgehead atoms. The minimum Gasteiger partial charge on any atom is -0.493 e. The highest BCUT2D eigenvalue weighted by Crippen LogP contribution is 2.34. The lowest BCUT2D eigenvalue weighted by molar-refractivity contribution is -0.131. The molecule has 2 aliphatic rings. The van der Waals surface area contributed by atoms with Gasteiger partial charge in [0.1, 0.15) is 5.82 Å². The first-order valence-corrected chi connectivity index (χ1v) is 11.8. The Bertz CT molecular complexity index is 1010. The minimum atomic E-state index is -0.337. The number of benzene rings is 2. The maximum absolute atomic E-state index is 13.1. The van der Waals surface area contributed by atoms with Gasteiger partial charge in [-0.3, -0.25) is 4.79 Å². The zero-order valence-corrected chi connectivity index (χ0v) is 19.8. The van der Waals surface area contributed by atoms with Crippen molar-refractivity contribution < 1.29 is 23.5 Å². The van der Waals surface area contributed by atoms with Gasteiger partial charge in [0.05, 0.1) is 14.2 Å². The molecule has 2 aromatic rings. The van der Waals surface area contributed by atoms with Gasteiger partial charge in [0.25, 0.3) is 0 Å². The standard InChI is InChI=1S/C26H32FN3O4/c1-33-23-5-3-4-18(25(23)34-2)10-13-29-14-12-20-17-30(15-11-19(20)16-24(29)31)26(32)28-22-8-6-21(27)7-9-22/h3-9,19-20H,10-17H2,1-2H3,(H,28,32)/t19-,20-/m0/s1. The summed E-state index contributed by atoms with van der Waals surface area (Å²) in [5.41, 5.74) is 1.59. The van der Waals surface area contributed by atoms with Crippen LogP contribution in [0, 0.1) is 17.7 Å². The molecule has 182 valence electrons. The van der Waals surface area contributed by atoms with Crippen LogP contribution in [-0.4, -0.2) is 62.1 Å². The quantitative estimate of drug-likeness (QED) is 0.689. The number of anilines is 1. The van der Waals surface area contributed by atoms with Gasteiger partial charge in [-0.05, 0) is 67.0 Å². The second-order valence-electron chi connectivity index (χ2n) is 8.97. The highest BCUT2D eigenvalue weighted by Gasteiger charge is 2.36. The maximum atomic E-state index is 13.1. The molecule has 1 N–H and O–H groups in total. The van der Waals surface area contributed by atoms with Crippen molar-refractivity contribution in [2.24, 2.45) is 11.8 Å². The van der Waals surface area contributed by atoms with E-state index in [0.717, 1.165) is 18.4 Å². The zero-order valence-electron chi connectivity index (χ0n) is 19.8. The summed E-state index contributed by atoms with van der Waals surface area (Å²) in [6, 6.07) is 11.4. The lowest BCUT2D eigenvalue weighted by atomic mass is 9.82. The smallest absolute Gasteiger partial charge is 0.321 e. The van der Waals surface area contributed by atoms with Gasteiger partial charge in [-0.1, -0.05) is 12.1 Å². The topological polar surface area (TPSA) is 71.1 Å². The first kappa shape index (κ1) is 23.9. The second-order valence-corrected chi connectivity index (χ2v) is 8.97. The fourth-order valence-electron chi connectivity index (χ4n) is 5.04. The van der Waals surface area contributed by atoms with Crippen molar-refractivity contribution in [1.82, 2.24) is 9.80 Å². The van der Waals surface area contributed by atoms with Crippen molar-refractivity contribution in [2.75, 3.05) is 45.7 Å². The molecule has 8 heteroatoms. The summed E-state index contributed by atoms with van der Waals surface area (Å²) in [4.78, 5) is 29.5. The molecule has 2 saturated heterocycles. The minimum absolute atomic E-state index is 0.178. The summed E-state index contributed by atoms with van der Waals surface area (Å²) in [7, 11) is 3.24. The molecule has 7 nitrogen and oxygen atoms in total. The summed E-state index contributed by atoms with van der Waals surface area (Å²) in [5.74, 6) is 1.82. The zero-order chi connectivity index (χ0) is 24.1. The van der Waals surface area contributed by atoms with Gasteiger partial charge < -0.3 is 24.6 Å². The van der Waals surface area contributed by atoms with E-state index in [0.29, 0.717) is 62.1 Å².